The lowest BCUT2D eigenvalue weighted by atomic mass is 10.1. The Morgan fingerprint density at radius 1 is 1.17 bits per heavy atom. The first kappa shape index (κ1) is 15.9. The predicted molar refractivity (Wildman–Crippen MR) is 95.5 cm³/mol. The standard InChI is InChI=1S/C17H14N4O2S/c1-24-17-19-16(14-7-9-15(10-8-14)21(22)23)12-20(17)18-11-13-5-3-2-4-6-13/h2-12H,1H3/b18-11+. The van der Waals surface area contributed by atoms with E-state index >= 15 is 0 Å². The molecule has 0 fully saturated rings. The average molecular weight is 338 g/mol. The van der Waals surface area contributed by atoms with Gasteiger partial charge in [0.05, 0.1) is 23.0 Å². The van der Waals surface area contributed by atoms with Crippen molar-refractivity contribution in [3.8, 4) is 11.3 Å². The molecule has 0 aliphatic heterocycles. The molecule has 0 unspecified atom stereocenters. The van der Waals surface area contributed by atoms with E-state index in [2.05, 4.69) is 10.1 Å². The number of non-ortho nitro benzene ring substituents is 1. The molecule has 0 amide bonds. The largest absolute Gasteiger partial charge is 0.269 e. The van der Waals surface area contributed by atoms with Gasteiger partial charge in [-0.25, -0.2) is 9.66 Å². The van der Waals surface area contributed by atoms with Crippen molar-refractivity contribution in [2.75, 3.05) is 6.26 Å². The topological polar surface area (TPSA) is 73.3 Å². The normalized spacial score (nSPS) is 11.0. The summed E-state index contributed by atoms with van der Waals surface area (Å²) in [4.78, 5) is 14.8. The minimum Gasteiger partial charge on any atom is -0.258 e. The molecular formula is C17H14N4O2S. The van der Waals surface area contributed by atoms with E-state index in [0.29, 0.717) is 0 Å². The molecule has 1 heterocycles. The summed E-state index contributed by atoms with van der Waals surface area (Å²) >= 11 is 1.48. The van der Waals surface area contributed by atoms with Crippen molar-refractivity contribution in [2.24, 2.45) is 5.10 Å². The summed E-state index contributed by atoms with van der Waals surface area (Å²) in [7, 11) is 0. The van der Waals surface area contributed by atoms with E-state index in [9.17, 15) is 10.1 Å². The highest BCUT2D eigenvalue weighted by Crippen LogP contribution is 2.24. The zero-order chi connectivity index (χ0) is 16.9. The van der Waals surface area contributed by atoms with Gasteiger partial charge >= 0.3 is 0 Å². The highest BCUT2D eigenvalue weighted by atomic mass is 32.2. The summed E-state index contributed by atoms with van der Waals surface area (Å²) in [6.45, 7) is 0. The minimum atomic E-state index is -0.417. The van der Waals surface area contributed by atoms with Crippen LogP contribution in [0.1, 0.15) is 5.56 Å². The second kappa shape index (κ2) is 7.10. The minimum absolute atomic E-state index is 0.0605. The third-order valence-electron chi connectivity index (χ3n) is 3.34. The van der Waals surface area contributed by atoms with Crippen molar-refractivity contribution in [2.45, 2.75) is 5.16 Å². The van der Waals surface area contributed by atoms with Crippen LogP contribution in [0, 0.1) is 10.1 Å². The number of hydrogen-bond donors (Lipinski definition) is 0. The predicted octanol–water partition coefficient (Wildman–Crippen LogP) is 4.06. The van der Waals surface area contributed by atoms with Gasteiger partial charge in [0, 0.05) is 17.7 Å². The van der Waals surface area contributed by atoms with E-state index in [4.69, 9.17) is 0 Å². The molecule has 7 heteroatoms. The van der Waals surface area contributed by atoms with Crippen LogP contribution in [-0.4, -0.2) is 27.1 Å². The number of rotatable bonds is 5. The summed E-state index contributed by atoms with van der Waals surface area (Å²) in [6.07, 6.45) is 5.50. The molecule has 1 aromatic heterocycles. The molecule has 0 aliphatic rings. The summed E-state index contributed by atoms with van der Waals surface area (Å²) < 4.78 is 1.70. The molecule has 120 valence electrons. The quantitative estimate of drug-likeness (QED) is 0.304. The van der Waals surface area contributed by atoms with E-state index in [-0.39, 0.29) is 5.69 Å². The van der Waals surface area contributed by atoms with E-state index in [0.717, 1.165) is 22.0 Å². The fraction of sp³-hybridized carbons (Fsp3) is 0.0588. The molecule has 0 bridgehead atoms. The molecular weight excluding hydrogens is 324 g/mol. The molecule has 0 saturated carbocycles. The van der Waals surface area contributed by atoms with Crippen LogP contribution in [0.2, 0.25) is 0 Å². The van der Waals surface area contributed by atoms with Gasteiger partial charge in [-0.05, 0) is 24.0 Å². The zero-order valence-corrected chi connectivity index (χ0v) is 13.7. The van der Waals surface area contributed by atoms with Gasteiger partial charge in [-0.15, -0.1) is 0 Å². The Kier molecular flexibility index (Phi) is 4.72. The van der Waals surface area contributed by atoms with Crippen LogP contribution in [0.4, 0.5) is 5.69 Å². The number of aromatic nitrogens is 2. The number of nitro benzene ring substituents is 1. The van der Waals surface area contributed by atoms with E-state index in [1.807, 2.05) is 42.8 Å². The molecule has 0 aliphatic carbocycles. The lowest BCUT2D eigenvalue weighted by Gasteiger charge is -1.97. The third kappa shape index (κ3) is 3.52. The monoisotopic (exact) mass is 338 g/mol. The molecule has 0 N–H and O–H groups in total. The second-order valence-corrected chi connectivity index (χ2v) is 5.69. The lowest BCUT2D eigenvalue weighted by Crippen LogP contribution is -1.90. The number of imidazole rings is 1. The van der Waals surface area contributed by atoms with Crippen LogP contribution in [0.5, 0.6) is 0 Å². The molecule has 24 heavy (non-hydrogen) atoms. The van der Waals surface area contributed by atoms with Crippen LogP contribution in [-0.2, 0) is 0 Å². The summed E-state index contributed by atoms with van der Waals surface area (Å²) in [5, 5.41) is 15.9. The third-order valence-corrected chi connectivity index (χ3v) is 3.99. The fourth-order valence-corrected chi connectivity index (χ4v) is 2.61. The van der Waals surface area contributed by atoms with Crippen LogP contribution in [0.25, 0.3) is 11.3 Å². The number of nitro groups is 1. The van der Waals surface area contributed by atoms with Crippen molar-refractivity contribution in [1.29, 1.82) is 0 Å². The van der Waals surface area contributed by atoms with Crippen LogP contribution in [0.3, 0.4) is 0 Å². The molecule has 0 atom stereocenters. The van der Waals surface area contributed by atoms with Gasteiger partial charge in [0.2, 0.25) is 0 Å². The Morgan fingerprint density at radius 3 is 2.50 bits per heavy atom. The van der Waals surface area contributed by atoms with Crippen molar-refractivity contribution in [3.63, 3.8) is 0 Å². The first-order valence-electron chi connectivity index (χ1n) is 7.15. The maximum absolute atomic E-state index is 10.7. The van der Waals surface area contributed by atoms with Crippen LogP contribution >= 0.6 is 11.8 Å². The van der Waals surface area contributed by atoms with Crippen molar-refractivity contribution in [1.82, 2.24) is 9.66 Å². The molecule has 0 saturated heterocycles. The fourth-order valence-electron chi connectivity index (χ4n) is 2.14. The van der Waals surface area contributed by atoms with E-state index in [1.165, 1.54) is 23.9 Å². The van der Waals surface area contributed by atoms with E-state index in [1.54, 1.807) is 23.0 Å². The second-order valence-electron chi connectivity index (χ2n) is 4.92. The number of thioether (sulfide) groups is 1. The Labute approximate surface area is 143 Å². The Morgan fingerprint density at radius 2 is 1.88 bits per heavy atom. The van der Waals surface area contributed by atoms with Crippen molar-refractivity contribution < 1.29 is 4.92 Å². The molecule has 3 aromatic rings. The van der Waals surface area contributed by atoms with Gasteiger partial charge in [0.1, 0.15) is 0 Å². The SMILES string of the molecule is CSc1nc(-c2ccc([N+](=O)[O-])cc2)cn1/N=C/c1ccccc1. The highest BCUT2D eigenvalue weighted by Gasteiger charge is 2.10. The van der Waals surface area contributed by atoms with Crippen molar-refractivity contribution >= 4 is 23.7 Å². The van der Waals surface area contributed by atoms with Crippen LogP contribution < -0.4 is 0 Å². The summed E-state index contributed by atoms with van der Waals surface area (Å²) in [6, 6.07) is 16.1. The molecule has 6 nitrogen and oxygen atoms in total. The molecule has 2 aromatic carbocycles. The molecule has 3 rings (SSSR count). The van der Waals surface area contributed by atoms with Gasteiger partial charge < -0.3 is 0 Å². The maximum Gasteiger partial charge on any atom is 0.269 e. The van der Waals surface area contributed by atoms with Gasteiger partial charge in [0.15, 0.2) is 5.16 Å². The van der Waals surface area contributed by atoms with Crippen molar-refractivity contribution in [3.05, 3.63) is 76.5 Å². The van der Waals surface area contributed by atoms with Crippen LogP contribution in [0.15, 0.2) is 71.1 Å². The Balaban J connectivity index is 1.90. The van der Waals surface area contributed by atoms with E-state index < -0.39 is 4.92 Å². The first-order valence-corrected chi connectivity index (χ1v) is 8.37. The summed E-state index contributed by atoms with van der Waals surface area (Å²) in [5.74, 6) is 0. The van der Waals surface area contributed by atoms with Gasteiger partial charge in [-0.1, -0.05) is 42.1 Å². The highest BCUT2D eigenvalue weighted by molar-refractivity contribution is 7.98. The Bertz CT molecular complexity index is 873. The number of nitrogens with zero attached hydrogens (tertiary/aromatic N) is 4. The Hall–Kier alpha value is -2.93. The van der Waals surface area contributed by atoms with Gasteiger partial charge in [-0.2, -0.15) is 5.10 Å². The number of benzene rings is 2. The molecule has 0 spiro atoms. The van der Waals surface area contributed by atoms with Gasteiger partial charge in [-0.3, -0.25) is 10.1 Å². The number of hydrogen-bond acceptors (Lipinski definition) is 5. The lowest BCUT2D eigenvalue weighted by molar-refractivity contribution is -0.384. The average Bonchev–Trinajstić information content (AvgIpc) is 3.04. The maximum atomic E-state index is 10.7. The summed E-state index contributed by atoms with van der Waals surface area (Å²) in [5.41, 5.74) is 2.59. The van der Waals surface area contributed by atoms with Gasteiger partial charge in [0.25, 0.3) is 5.69 Å². The zero-order valence-electron chi connectivity index (χ0n) is 12.9. The first-order chi connectivity index (χ1) is 11.7. The molecule has 0 radical (unpaired) electrons. The smallest absolute Gasteiger partial charge is 0.258 e.